The lowest BCUT2D eigenvalue weighted by atomic mass is 10.2. The number of carbonyl (C=O) groups excluding carboxylic acids is 1. The van der Waals surface area contributed by atoms with Crippen LogP contribution in [0.15, 0.2) is 39.4 Å². The normalized spacial score (nSPS) is 10.3. The Morgan fingerprint density at radius 2 is 2.10 bits per heavy atom. The van der Waals surface area contributed by atoms with Crippen molar-refractivity contribution >= 4 is 55.2 Å². The van der Waals surface area contributed by atoms with Gasteiger partial charge in [0.15, 0.2) is 12.4 Å². The number of carbonyl (C=O) groups is 1. The van der Waals surface area contributed by atoms with Crippen molar-refractivity contribution in [3.05, 3.63) is 50.0 Å². The molecule has 0 aliphatic carbocycles. The van der Waals surface area contributed by atoms with Gasteiger partial charge in [0.25, 0.3) is 5.91 Å². The smallest absolute Gasteiger partial charge is 0.263 e. The number of ether oxygens (including phenoxy) is 1. The molecule has 0 aliphatic rings. The molecule has 0 fully saturated rings. The molecule has 0 bridgehead atoms. The van der Waals surface area contributed by atoms with E-state index in [2.05, 4.69) is 42.2 Å². The fourth-order valence-corrected chi connectivity index (χ4v) is 2.58. The van der Waals surface area contributed by atoms with Gasteiger partial charge in [-0.05, 0) is 62.5 Å². The molecule has 1 N–H and O–H groups in total. The monoisotopic (exact) mass is 432 g/mol. The van der Waals surface area contributed by atoms with Gasteiger partial charge < -0.3 is 10.1 Å². The first-order chi connectivity index (χ1) is 9.99. The van der Waals surface area contributed by atoms with E-state index < -0.39 is 0 Å². The second-order valence-electron chi connectivity index (χ2n) is 4.18. The summed E-state index contributed by atoms with van der Waals surface area (Å²) in [5.41, 5.74) is 1.07. The summed E-state index contributed by atoms with van der Waals surface area (Å²) in [6.45, 7) is 1.83. The van der Waals surface area contributed by atoms with E-state index >= 15 is 0 Å². The van der Waals surface area contributed by atoms with E-state index in [1.807, 2.05) is 13.0 Å². The van der Waals surface area contributed by atoms with Gasteiger partial charge in [-0.3, -0.25) is 4.79 Å². The number of rotatable bonds is 4. The van der Waals surface area contributed by atoms with Gasteiger partial charge in [-0.15, -0.1) is 0 Å². The largest absolute Gasteiger partial charge is 0.483 e. The van der Waals surface area contributed by atoms with Crippen LogP contribution < -0.4 is 10.1 Å². The standard InChI is InChI=1S/C14H11Br2ClN2O2/c1-8-4-5-10(13(16)12(8)15)21-7-11(20)19-14-9(17)3-2-6-18-14/h2-6H,7H2,1H3,(H,18,19,20). The Morgan fingerprint density at radius 3 is 2.81 bits per heavy atom. The number of nitrogens with zero attached hydrogens (tertiary/aromatic N) is 1. The molecule has 4 nitrogen and oxygen atoms in total. The molecule has 2 rings (SSSR count). The minimum absolute atomic E-state index is 0.138. The van der Waals surface area contributed by atoms with Crippen LogP contribution in [0.25, 0.3) is 0 Å². The van der Waals surface area contributed by atoms with Crippen molar-refractivity contribution in [3.8, 4) is 5.75 Å². The fourth-order valence-electron chi connectivity index (χ4n) is 1.53. The van der Waals surface area contributed by atoms with Crippen molar-refractivity contribution in [2.75, 3.05) is 11.9 Å². The maximum absolute atomic E-state index is 11.8. The van der Waals surface area contributed by atoms with Crippen molar-refractivity contribution in [2.45, 2.75) is 6.92 Å². The molecule has 0 spiro atoms. The Labute approximate surface area is 144 Å². The molecule has 0 atom stereocenters. The van der Waals surface area contributed by atoms with E-state index in [1.165, 1.54) is 0 Å². The lowest BCUT2D eigenvalue weighted by Crippen LogP contribution is -2.21. The van der Waals surface area contributed by atoms with Gasteiger partial charge in [0.05, 0.1) is 9.50 Å². The van der Waals surface area contributed by atoms with E-state index in [9.17, 15) is 4.79 Å². The highest BCUT2D eigenvalue weighted by Crippen LogP contribution is 2.34. The van der Waals surface area contributed by atoms with Crippen molar-refractivity contribution < 1.29 is 9.53 Å². The van der Waals surface area contributed by atoms with Gasteiger partial charge in [0.2, 0.25) is 0 Å². The summed E-state index contributed by atoms with van der Waals surface area (Å²) in [5, 5.41) is 2.97. The molecule has 0 aliphatic heterocycles. The lowest BCUT2D eigenvalue weighted by molar-refractivity contribution is -0.118. The maximum Gasteiger partial charge on any atom is 0.263 e. The van der Waals surface area contributed by atoms with Crippen LogP contribution in [0.2, 0.25) is 5.02 Å². The molecule has 2 aromatic rings. The summed E-state index contributed by atoms with van der Waals surface area (Å²) in [5.74, 6) is 0.561. The van der Waals surface area contributed by atoms with E-state index in [-0.39, 0.29) is 12.5 Å². The van der Waals surface area contributed by atoms with Crippen LogP contribution in [0.5, 0.6) is 5.75 Å². The first-order valence-electron chi connectivity index (χ1n) is 5.97. The van der Waals surface area contributed by atoms with Crippen molar-refractivity contribution in [2.24, 2.45) is 0 Å². The van der Waals surface area contributed by atoms with Crippen LogP contribution in [-0.2, 0) is 4.79 Å². The minimum Gasteiger partial charge on any atom is -0.483 e. The van der Waals surface area contributed by atoms with Crippen LogP contribution in [0.1, 0.15) is 5.56 Å². The van der Waals surface area contributed by atoms with Crippen molar-refractivity contribution in [1.82, 2.24) is 4.98 Å². The zero-order valence-corrected chi connectivity index (χ0v) is 14.9. The highest BCUT2D eigenvalue weighted by atomic mass is 79.9. The Bertz CT molecular complexity index is 680. The highest BCUT2D eigenvalue weighted by Gasteiger charge is 2.11. The number of pyridine rings is 1. The molecule has 0 saturated carbocycles. The molecule has 1 heterocycles. The molecule has 0 saturated heterocycles. The van der Waals surface area contributed by atoms with Gasteiger partial charge in [-0.2, -0.15) is 0 Å². The third kappa shape index (κ3) is 4.18. The predicted molar refractivity (Wildman–Crippen MR) is 90.0 cm³/mol. The average molecular weight is 435 g/mol. The van der Waals surface area contributed by atoms with Crippen LogP contribution in [0.4, 0.5) is 5.82 Å². The highest BCUT2D eigenvalue weighted by molar-refractivity contribution is 9.13. The number of hydrogen-bond donors (Lipinski definition) is 1. The SMILES string of the molecule is Cc1ccc(OCC(=O)Nc2ncccc2Cl)c(Br)c1Br. The molecular weight excluding hydrogens is 423 g/mol. The molecule has 0 radical (unpaired) electrons. The van der Waals surface area contributed by atoms with Gasteiger partial charge in [0.1, 0.15) is 5.75 Å². The summed E-state index contributed by atoms with van der Waals surface area (Å²) in [4.78, 5) is 15.8. The van der Waals surface area contributed by atoms with E-state index in [0.717, 1.165) is 14.5 Å². The number of aryl methyl sites for hydroxylation is 1. The van der Waals surface area contributed by atoms with Gasteiger partial charge in [0, 0.05) is 10.7 Å². The van der Waals surface area contributed by atoms with Crippen LogP contribution in [0.3, 0.4) is 0 Å². The number of aromatic nitrogens is 1. The zero-order valence-electron chi connectivity index (χ0n) is 11.0. The Balaban J connectivity index is 1.99. The molecule has 1 amide bonds. The molecule has 0 unspecified atom stereocenters. The average Bonchev–Trinajstić information content (AvgIpc) is 2.46. The summed E-state index contributed by atoms with van der Waals surface area (Å²) >= 11 is 12.8. The number of benzene rings is 1. The number of nitrogens with one attached hydrogen (secondary N) is 1. The first-order valence-corrected chi connectivity index (χ1v) is 7.93. The summed E-state index contributed by atoms with van der Waals surface area (Å²) in [6, 6.07) is 7.04. The third-order valence-corrected chi connectivity index (χ3v) is 5.26. The molecule has 7 heteroatoms. The topological polar surface area (TPSA) is 51.2 Å². The quantitative estimate of drug-likeness (QED) is 0.766. The Kier molecular flexibility index (Phi) is 5.61. The third-order valence-electron chi connectivity index (χ3n) is 2.62. The van der Waals surface area contributed by atoms with E-state index in [1.54, 1.807) is 24.4 Å². The Morgan fingerprint density at radius 1 is 1.33 bits per heavy atom. The van der Waals surface area contributed by atoms with Gasteiger partial charge in [-0.1, -0.05) is 17.7 Å². The number of halogens is 3. The van der Waals surface area contributed by atoms with Crippen LogP contribution in [-0.4, -0.2) is 17.5 Å². The second kappa shape index (κ2) is 7.24. The summed E-state index contributed by atoms with van der Waals surface area (Å²) in [6.07, 6.45) is 1.55. The first kappa shape index (κ1) is 16.3. The van der Waals surface area contributed by atoms with Gasteiger partial charge in [-0.25, -0.2) is 4.98 Å². The van der Waals surface area contributed by atoms with Crippen LogP contribution in [0, 0.1) is 6.92 Å². The van der Waals surface area contributed by atoms with Crippen molar-refractivity contribution in [1.29, 1.82) is 0 Å². The number of anilines is 1. The molecule has 21 heavy (non-hydrogen) atoms. The predicted octanol–water partition coefficient (Wildman–Crippen LogP) is 4.59. The molecular formula is C14H11Br2ClN2O2. The van der Waals surface area contributed by atoms with Crippen molar-refractivity contribution in [3.63, 3.8) is 0 Å². The second-order valence-corrected chi connectivity index (χ2v) is 6.17. The lowest BCUT2D eigenvalue weighted by Gasteiger charge is -2.11. The summed E-state index contributed by atoms with van der Waals surface area (Å²) in [7, 11) is 0. The number of hydrogen-bond acceptors (Lipinski definition) is 3. The number of amides is 1. The van der Waals surface area contributed by atoms with E-state index in [4.69, 9.17) is 16.3 Å². The molecule has 1 aromatic carbocycles. The van der Waals surface area contributed by atoms with Gasteiger partial charge >= 0.3 is 0 Å². The molecule has 1 aromatic heterocycles. The molecule has 110 valence electrons. The Hall–Kier alpha value is -1.11. The van der Waals surface area contributed by atoms with E-state index in [0.29, 0.717) is 16.6 Å². The minimum atomic E-state index is -0.334. The fraction of sp³-hybridized carbons (Fsp3) is 0.143. The summed E-state index contributed by atoms with van der Waals surface area (Å²) < 4.78 is 7.15. The zero-order chi connectivity index (χ0) is 15.4. The maximum atomic E-state index is 11.8. The van der Waals surface area contributed by atoms with Crippen LogP contribution >= 0.6 is 43.5 Å².